The van der Waals surface area contributed by atoms with Crippen LogP contribution in [0.15, 0.2) is 48.5 Å². The van der Waals surface area contributed by atoms with Gasteiger partial charge in [0.1, 0.15) is 5.82 Å². The third-order valence-electron chi connectivity index (χ3n) is 3.18. The largest absolute Gasteiger partial charge is 0.397 e. The molecule has 21 heavy (non-hydrogen) atoms. The number of carbonyl (C=O) groups is 1. The summed E-state index contributed by atoms with van der Waals surface area (Å²) in [7, 11) is 1.86. The Morgan fingerprint density at radius 3 is 2.52 bits per heavy atom. The quantitative estimate of drug-likeness (QED) is 0.831. The molecule has 0 aliphatic carbocycles. The number of anilines is 3. The second-order valence-electron chi connectivity index (χ2n) is 4.78. The van der Waals surface area contributed by atoms with Crippen molar-refractivity contribution in [2.75, 3.05) is 29.5 Å². The first-order valence-electron chi connectivity index (χ1n) is 6.67. The number of benzene rings is 2. The summed E-state index contributed by atoms with van der Waals surface area (Å²) < 4.78 is 12.8. The van der Waals surface area contributed by atoms with Crippen LogP contribution >= 0.6 is 0 Å². The Balaban J connectivity index is 1.86. The molecule has 0 saturated heterocycles. The number of halogens is 1. The van der Waals surface area contributed by atoms with E-state index in [1.165, 1.54) is 12.1 Å². The monoisotopic (exact) mass is 287 g/mol. The summed E-state index contributed by atoms with van der Waals surface area (Å²) in [6.45, 7) is 0.532. The number of amides is 1. The molecule has 0 bridgehead atoms. The van der Waals surface area contributed by atoms with Gasteiger partial charge in [-0.2, -0.15) is 0 Å². The molecular formula is C16H18FN3O. The number of hydrogen-bond donors (Lipinski definition) is 2. The van der Waals surface area contributed by atoms with E-state index in [4.69, 9.17) is 5.73 Å². The van der Waals surface area contributed by atoms with Crippen LogP contribution in [0.1, 0.15) is 6.42 Å². The highest BCUT2D eigenvalue weighted by atomic mass is 19.1. The van der Waals surface area contributed by atoms with Gasteiger partial charge in [-0.25, -0.2) is 4.39 Å². The SMILES string of the molecule is CN(CCC(=O)Nc1ccccc1N)c1ccc(F)cc1. The standard InChI is InChI=1S/C16H18FN3O/c1-20(13-8-6-12(17)7-9-13)11-10-16(21)19-15-5-3-2-4-14(15)18/h2-9H,10-11,18H2,1H3,(H,19,21). The van der Waals surface area contributed by atoms with Crippen LogP contribution in [-0.4, -0.2) is 19.5 Å². The van der Waals surface area contributed by atoms with Gasteiger partial charge < -0.3 is 16.0 Å². The molecule has 3 N–H and O–H groups in total. The van der Waals surface area contributed by atoms with Crippen LogP contribution in [0.5, 0.6) is 0 Å². The molecule has 0 unspecified atom stereocenters. The Kier molecular flexibility index (Phi) is 4.77. The lowest BCUT2D eigenvalue weighted by atomic mass is 10.2. The van der Waals surface area contributed by atoms with E-state index in [0.717, 1.165) is 5.69 Å². The molecule has 0 fully saturated rings. The maximum atomic E-state index is 12.8. The predicted octanol–water partition coefficient (Wildman–Crippen LogP) is 2.87. The summed E-state index contributed by atoms with van der Waals surface area (Å²) in [5, 5.41) is 2.78. The Bertz CT molecular complexity index is 613. The summed E-state index contributed by atoms with van der Waals surface area (Å²) in [6, 6.07) is 13.3. The molecule has 0 aromatic heterocycles. The van der Waals surface area contributed by atoms with E-state index in [1.807, 2.05) is 24.1 Å². The number of rotatable bonds is 5. The number of nitrogen functional groups attached to an aromatic ring is 1. The third-order valence-corrected chi connectivity index (χ3v) is 3.18. The van der Waals surface area contributed by atoms with Crippen LogP contribution in [0.3, 0.4) is 0 Å². The van der Waals surface area contributed by atoms with Crippen molar-refractivity contribution in [2.24, 2.45) is 0 Å². The minimum absolute atomic E-state index is 0.109. The number of carbonyl (C=O) groups excluding carboxylic acids is 1. The van der Waals surface area contributed by atoms with E-state index < -0.39 is 0 Å². The van der Waals surface area contributed by atoms with Crippen LogP contribution in [0.4, 0.5) is 21.5 Å². The van der Waals surface area contributed by atoms with Gasteiger partial charge in [-0.1, -0.05) is 12.1 Å². The zero-order chi connectivity index (χ0) is 15.2. The minimum Gasteiger partial charge on any atom is -0.397 e. The second kappa shape index (κ2) is 6.74. The zero-order valence-corrected chi connectivity index (χ0v) is 11.8. The number of para-hydroxylation sites is 2. The van der Waals surface area contributed by atoms with Crippen molar-refractivity contribution in [3.05, 3.63) is 54.3 Å². The molecule has 0 saturated carbocycles. The average Bonchev–Trinajstić information content (AvgIpc) is 2.48. The number of nitrogens with zero attached hydrogens (tertiary/aromatic N) is 1. The third kappa shape index (κ3) is 4.21. The van der Waals surface area contributed by atoms with Gasteiger partial charge in [0.2, 0.25) is 5.91 Å². The lowest BCUT2D eigenvalue weighted by Gasteiger charge is -2.19. The fraction of sp³-hybridized carbons (Fsp3) is 0.188. The second-order valence-corrected chi connectivity index (χ2v) is 4.78. The molecule has 0 atom stereocenters. The summed E-state index contributed by atoms with van der Waals surface area (Å²) in [5.41, 5.74) is 7.79. The zero-order valence-electron chi connectivity index (χ0n) is 11.8. The van der Waals surface area contributed by atoms with Crippen LogP contribution in [0, 0.1) is 5.82 Å². The Hall–Kier alpha value is -2.56. The van der Waals surface area contributed by atoms with Crippen molar-refractivity contribution in [3.8, 4) is 0 Å². The van der Waals surface area contributed by atoms with Crippen molar-refractivity contribution in [3.63, 3.8) is 0 Å². The molecule has 110 valence electrons. The van der Waals surface area contributed by atoms with Crippen LogP contribution in [0.2, 0.25) is 0 Å². The molecule has 0 aliphatic rings. The van der Waals surface area contributed by atoms with Crippen LogP contribution in [0.25, 0.3) is 0 Å². The predicted molar refractivity (Wildman–Crippen MR) is 83.8 cm³/mol. The molecule has 2 aromatic carbocycles. The average molecular weight is 287 g/mol. The highest BCUT2D eigenvalue weighted by molar-refractivity contribution is 5.94. The van der Waals surface area contributed by atoms with Gasteiger partial charge in [0.05, 0.1) is 11.4 Å². The van der Waals surface area contributed by atoms with Gasteiger partial charge in [-0.15, -0.1) is 0 Å². The first kappa shape index (κ1) is 14.8. The van der Waals surface area contributed by atoms with E-state index >= 15 is 0 Å². The molecule has 5 heteroatoms. The van der Waals surface area contributed by atoms with E-state index in [2.05, 4.69) is 5.32 Å². The Morgan fingerprint density at radius 1 is 1.19 bits per heavy atom. The molecule has 2 aromatic rings. The smallest absolute Gasteiger partial charge is 0.226 e. The van der Waals surface area contributed by atoms with Gasteiger partial charge >= 0.3 is 0 Å². The summed E-state index contributed by atoms with van der Waals surface area (Å²) in [4.78, 5) is 13.8. The minimum atomic E-state index is -0.274. The van der Waals surface area contributed by atoms with Crippen molar-refractivity contribution in [1.29, 1.82) is 0 Å². The van der Waals surface area contributed by atoms with Gasteiger partial charge in [0.25, 0.3) is 0 Å². The Labute approximate surface area is 123 Å². The Morgan fingerprint density at radius 2 is 1.86 bits per heavy atom. The van der Waals surface area contributed by atoms with E-state index in [-0.39, 0.29) is 11.7 Å². The highest BCUT2D eigenvalue weighted by Crippen LogP contribution is 2.17. The van der Waals surface area contributed by atoms with Crippen molar-refractivity contribution < 1.29 is 9.18 Å². The lowest BCUT2D eigenvalue weighted by molar-refractivity contribution is -0.116. The summed E-state index contributed by atoms with van der Waals surface area (Å²) in [5.74, 6) is -0.383. The first-order chi connectivity index (χ1) is 10.1. The lowest BCUT2D eigenvalue weighted by Crippen LogP contribution is -2.24. The fourth-order valence-corrected chi connectivity index (χ4v) is 1.92. The first-order valence-corrected chi connectivity index (χ1v) is 6.67. The fourth-order valence-electron chi connectivity index (χ4n) is 1.92. The van der Waals surface area contributed by atoms with Gasteiger partial charge in [0.15, 0.2) is 0 Å². The summed E-state index contributed by atoms with van der Waals surface area (Å²) in [6.07, 6.45) is 0.322. The van der Waals surface area contributed by atoms with Crippen LogP contribution in [-0.2, 0) is 4.79 Å². The number of nitrogens with one attached hydrogen (secondary N) is 1. The van der Waals surface area contributed by atoms with Crippen LogP contribution < -0.4 is 16.0 Å². The highest BCUT2D eigenvalue weighted by Gasteiger charge is 2.07. The van der Waals surface area contributed by atoms with E-state index in [9.17, 15) is 9.18 Å². The molecule has 2 rings (SSSR count). The molecule has 4 nitrogen and oxygen atoms in total. The molecule has 0 radical (unpaired) electrons. The van der Waals surface area contributed by atoms with Crippen molar-refractivity contribution >= 4 is 23.0 Å². The molecule has 1 amide bonds. The molecular weight excluding hydrogens is 269 g/mol. The summed E-state index contributed by atoms with van der Waals surface area (Å²) >= 11 is 0. The van der Waals surface area contributed by atoms with Gasteiger partial charge in [0, 0.05) is 25.7 Å². The van der Waals surface area contributed by atoms with E-state index in [1.54, 1.807) is 24.3 Å². The number of hydrogen-bond acceptors (Lipinski definition) is 3. The van der Waals surface area contributed by atoms with E-state index in [0.29, 0.717) is 24.3 Å². The van der Waals surface area contributed by atoms with Crippen molar-refractivity contribution in [1.82, 2.24) is 0 Å². The maximum absolute atomic E-state index is 12.8. The normalized spacial score (nSPS) is 10.2. The molecule has 0 heterocycles. The van der Waals surface area contributed by atoms with Gasteiger partial charge in [-0.05, 0) is 36.4 Å². The molecule has 0 aliphatic heterocycles. The van der Waals surface area contributed by atoms with Crippen molar-refractivity contribution in [2.45, 2.75) is 6.42 Å². The van der Waals surface area contributed by atoms with Gasteiger partial charge in [-0.3, -0.25) is 4.79 Å². The molecule has 0 spiro atoms. The maximum Gasteiger partial charge on any atom is 0.226 e. The number of nitrogens with two attached hydrogens (primary N) is 1. The topological polar surface area (TPSA) is 58.4 Å².